The van der Waals surface area contributed by atoms with Gasteiger partial charge in [0, 0.05) is 5.39 Å². The molecule has 2 aromatic heterocycles. The van der Waals surface area contributed by atoms with Crippen molar-refractivity contribution in [1.82, 2.24) is 15.0 Å². The Morgan fingerprint density at radius 2 is 2.29 bits per heavy atom. The van der Waals surface area contributed by atoms with E-state index in [0.29, 0.717) is 11.2 Å². The molecule has 1 N–H and O–H groups in total. The highest BCUT2D eigenvalue weighted by Gasteiger charge is 2.03. The predicted octanol–water partition coefficient (Wildman–Crippen LogP) is 0.608. The lowest BCUT2D eigenvalue weighted by Gasteiger charge is -1.99. The minimum atomic E-state index is -0.293. The van der Waals surface area contributed by atoms with Crippen LogP contribution < -0.4 is 5.56 Å². The van der Waals surface area contributed by atoms with Gasteiger partial charge in [-0.3, -0.25) is 4.79 Å². The molecule has 0 saturated heterocycles. The number of aromatic nitrogens is 3. The van der Waals surface area contributed by atoms with Crippen LogP contribution >= 0.6 is 0 Å². The summed E-state index contributed by atoms with van der Waals surface area (Å²) in [5, 5.41) is 0.778. The summed E-state index contributed by atoms with van der Waals surface area (Å²) in [5.74, 6) is 2.32. The molecule has 2 aromatic rings. The van der Waals surface area contributed by atoms with Gasteiger partial charge in [0.2, 0.25) is 0 Å². The van der Waals surface area contributed by atoms with E-state index in [2.05, 4.69) is 20.9 Å². The van der Waals surface area contributed by atoms with E-state index in [-0.39, 0.29) is 5.56 Å². The molecule has 2 heterocycles. The Hall–Kier alpha value is -2.15. The highest BCUT2D eigenvalue weighted by Crippen LogP contribution is 2.10. The second kappa shape index (κ2) is 2.96. The summed E-state index contributed by atoms with van der Waals surface area (Å²) in [7, 11) is 0. The number of hydrogen-bond donors (Lipinski definition) is 1. The van der Waals surface area contributed by atoms with E-state index in [1.165, 1.54) is 6.33 Å². The molecule has 14 heavy (non-hydrogen) atoms. The minimum Gasteiger partial charge on any atom is -0.305 e. The number of hydrogen-bond acceptors (Lipinski definition) is 3. The van der Waals surface area contributed by atoms with E-state index in [1.807, 2.05) is 6.92 Å². The van der Waals surface area contributed by atoms with Crippen molar-refractivity contribution in [3.8, 4) is 12.3 Å². The lowest BCUT2D eigenvalue weighted by molar-refractivity contribution is 1.11. The zero-order valence-corrected chi connectivity index (χ0v) is 7.53. The maximum absolute atomic E-state index is 11.3. The highest BCUT2D eigenvalue weighted by molar-refractivity contribution is 5.77. The third-order valence-electron chi connectivity index (χ3n) is 2.00. The van der Waals surface area contributed by atoms with Crippen molar-refractivity contribution >= 4 is 11.0 Å². The SMILES string of the molecule is C#Cc1cc2c(C)ncnc2[nH]c1=O. The molecule has 0 atom stereocenters. The molecular formula is C10H7N3O. The molecule has 4 heteroatoms. The Morgan fingerprint density at radius 1 is 1.50 bits per heavy atom. The Kier molecular flexibility index (Phi) is 1.79. The number of terminal acetylenes is 1. The molecular weight excluding hydrogens is 178 g/mol. The number of rotatable bonds is 0. The van der Waals surface area contributed by atoms with E-state index >= 15 is 0 Å². The van der Waals surface area contributed by atoms with Gasteiger partial charge in [0.05, 0.1) is 11.3 Å². The second-order valence-electron chi connectivity index (χ2n) is 2.88. The van der Waals surface area contributed by atoms with Crippen LogP contribution in [0.3, 0.4) is 0 Å². The van der Waals surface area contributed by atoms with Gasteiger partial charge in [0.15, 0.2) is 0 Å². The summed E-state index contributed by atoms with van der Waals surface area (Å²) < 4.78 is 0. The third kappa shape index (κ3) is 1.15. The van der Waals surface area contributed by atoms with E-state index in [9.17, 15) is 4.79 Å². The number of nitrogens with zero attached hydrogens (tertiary/aromatic N) is 2. The third-order valence-corrected chi connectivity index (χ3v) is 2.00. The molecule has 0 bridgehead atoms. The number of aryl methyl sites for hydroxylation is 1. The topological polar surface area (TPSA) is 58.6 Å². The van der Waals surface area contributed by atoms with Crippen molar-refractivity contribution < 1.29 is 0 Å². The lowest BCUT2D eigenvalue weighted by Crippen LogP contribution is -2.10. The molecule has 0 saturated carbocycles. The standard InChI is InChI=1S/C10H7N3O/c1-3-7-4-8-6(2)11-5-12-9(8)13-10(7)14/h1,4-5H,2H3,(H,11,12,13,14). The van der Waals surface area contributed by atoms with Crippen LogP contribution in [0.4, 0.5) is 0 Å². The van der Waals surface area contributed by atoms with Crippen molar-refractivity contribution in [2.45, 2.75) is 6.92 Å². The molecule has 0 radical (unpaired) electrons. The van der Waals surface area contributed by atoms with Crippen LogP contribution in [0, 0.1) is 19.3 Å². The number of H-pyrrole nitrogens is 1. The molecule has 0 aliphatic heterocycles. The van der Waals surface area contributed by atoms with E-state index in [1.54, 1.807) is 6.07 Å². The first-order valence-electron chi connectivity index (χ1n) is 4.03. The number of fused-ring (bicyclic) bond motifs is 1. The summed E-state index contributed by atoms with van der Waals surface area (Å²) in [6.45, 7) is 1.84. The maximum atomic E-state index is 11.3. The first-order chi connectivity index (χ1) is 6.72. The Balaban J connectivity index is 2.96. The fourth-order valence-electron chi connectivity index (χ4n) is 1.25. The Bertz CT molecular complexity index is 592. The fourth-order valence-corrected chi connectivity index (χ4v) is 1.25. The van der Waals surface area contributed by atoms with Crippen molar-refractivity contribution in [3.05, 3.63) is 34.0 Å². The molecule has 2 rings (SSSR count). The lowest BCUT2D eigenvalue weighted by atomic mass is 10.2. The molecule has 0 amide bonds. The fraction of sp³-hybridized carbons (Fsp3) is 0.100. The van der Waals surface area contributed by atoms with Crippen LogP contribution in [0.2, 0.25) is 0 Å². The van der Waals surface area contributed by atoms with Crippen LogP contribution in [0.25, 0.3) is 11.0 Å². The number of nitrogens with one attached hydrogen (secondary N) is 1. The molecule has 0 unspecified atom stereocenters. The average Bonchev–Trinajstić information content (AvgIpc) is 2.17. The van der Waals surface area contributed by atoms with Crippen LogP contribution in [0.1, 0.15) is 11.3 Å². The van der Waals surface area contributed by atoms with Gasteiger partial charge in [-0.15, -0.1) is 6.42 Å². The highest BCUT2D eigenvalue weighted by atomic mass is 16.1. The normalized spacial score (nSPS) is 10.0. The molecule has 0 spiro atoms. The Labute approximate surface area is 80.0 Å². The van der Waals surface area contributed by atoms with Gasteiger partial charge in [-0.25, -0.2) is 9.97 Å². The molecule has 0 aliphatic carbocycles. The van der Waals surface area contributed by atoms with Crippen LogP contribution in [-0.4, -0.2) is 15.0 Å². The van der Waals surface area contributed by atoms with Gasteiger partial charge in [-0.1, -0.05) is 5.92 Å². The molecule has 0 fully saturated rings. The number of aromatic amines is 1. The van der Waals surface area contributed by atoms with Crippen molar-refractivity contribution in [3.63, 3.8) is 0 Å². The molecule has 68 valence electrons. The first-order valence-corrected chi connectivity index (χ1v) is 4.03. The zero-order chi connectivity index (χ0) is 10.1. The summed E-state index contributed by atoms with van der Waals surface area (Å²) in [6.07, 6.45) is 6.59. The van der Waals surface area contributed by atoms with Crippen molar-refractivity contribution in [1.29, 1.82) is 0 Å². The van der Waals surface area contributed by atoms with Crippen molar-refractivity contribution in [2.75, 3.05) is 0 Å². The van der Waals surface area contributed by atoms with Gasteiger partial charge >= 0.3 is 0 Å². The van der Waals surface area contributed by atoms with Crippen LogP contribution in [0.15, 0.2) is 17.2 Å². The van der Waals surface area contributed by atoms with Crippen LogP contribution in [0.5, 0.6) is 0 Å². The van der Waals surface area contributed by atoms with Crippen LogP contribution in [-0.2, 0) is 0 Å². The maximum Gasteiger partial charge on any atom is 0.265 e. The molecule has 0 aliphatic rings. The van der Waals surface area contributed by atoms with E-state index in [4.69, 9.17) is 6.42 Å². The zero-order valence-electron chi connectivity index (χ0n) is 7.53. The molecule has 0 aromatic carbocycles. The van der Waals surface area contributed by atoms with E-state index in [0.717, 1.165) is 11.1 Å². The summed E-state index contributed by atoms with van der Waals surface area (Å²) in [4.78, 5) is 21.9. The van der Waals surface area contributed by atoms with Gasteiger partial charge in [-0.05, 0) is 13.0 Å². The summed E-state index contributed by atoms with van der Waals surface area (Å²) in [5.41, 5.74) is 1.32. The van der Waals surface area contributed by atoms with Gasteiger partial charge in [0.1, 0.15) is 12.0 Å². The smallest absolute Gasteiger partial charge is 0.265 e. The predicted molar refractivity (Wildman–Crippen MR) is 52.8 cm³/mol. The van der Waals surface area contributed by atoms with Gasteiger partial charge < -0.3 is 4.98 Å². The number of pyridine rings is 1. The quantitative estimate of drug-likeness (QED) is 0.612. The van der Waals surface area contributed by atoms with Crippen molar-refractivity contribution in [2.24, 2.45) is 0 Å². The second-order valence-corrected chi connectivity index (χ2v) is 2.88. The summed E-state index contributed by atoms with van der Waals surface area (Å²) >= 11 is 0. The van der Waals surface area contributed by atoms with Gasteiger partial charge in [0.25, 0.3) is 5.56 Å². The minimum absolute atomic E-state index is 0.293. The summed E-state index contributed by atoms with van der Waals surface area (Å²) in [6, 6.07) is 1.63. The monoisotopic (exact) mass is 185 g/mol. The molecule has 4 nitrogen and oxygen atoms in total. The average molecular weight is 185 g/mol. The van der Waals surface area contributed by atoms with Gasteiger partial charge in [-0.2, -0.15) is 0 Å². The first kappa shape index (κ1) is 8.45. The van der Waals surface area contributed by atoms with E-state index < -0.39 is 0 Å². The largest absolute Gasteiger partial charge is 0.305 e. The Morgan fingerprint density at radius 3 is 3.00 bits per heavy atom.